The summed E-state index contributed by atoms with van der Waals surface area (Å²) in [6, 6.07) is 6.49. The Balaban J connectivity index is 1.90. The molecule has 0 heterocycles. The van der Waals surface area contributed by atoms with Crippen molar-refractivity contribution in [2.45, 2.75) is 51.6 Å². The van der Waals surface area contributed by atoms with Gasteiger partial charge in [0.25, 0.3) is 0 Å². The molecule has 1 unspecified atom stereocenters. The number of amides is 1. The van der Waals surface area contributed by atoms with Crippen LogP contribution < -0.4 is 11.1 Å². The smallest absolute Gasteiger partial charge is 0.237 e. The molecule has 1 saturated carbocycles. The lowest BCUT2D eigenvalue weighted by molar-refractivity contribution is -0.123. The van der Waals surface area contributed by atoms with E-state index in [0.29, 0.717) is 6.42 Å². The van der Waals surface area contributed by atoms with Gasteiger partial charge in [-0.15, -0.1) is 0 Å². The molecule has 0 aliphatic heterocycles. The van der Waals surface area contributed by atoms with Crippen LogP contribution in [0.3, 0.4) is 0 Å². The summed E-state index contributed by atoms with van der Waals surface area (Å²) in [4.78, 5) is 12.2. The highest BCUT2D eigenvalue weighted by Crippen LogP contribution is 2.37. The Kier molecular flexibility index (Phi) is 4.33. The van der Waals surface area contributed by atoms with E-state index in [9.17, 15) is 9.90 Å². The third-order valence-corrected chi connectivity index (χ3v) is 4.30. The van der Waals surface area contributed by atoms with Crippen molar-refractivity contribution >= 4 is 5.91 Å². The number of phenolic OH excluding ortho intramolecular Hbond substituents is 1. The summed E-state index contributed by atoms with van der Waals surface area (Å²) in [5, 5.41) is 12.3. The van der Waals surface area contributed by atoms with Gasteiger partial charge in [-0.25, -0.2) is 0 Å². The lowest BCUT2D eigenvalue weighted by atomic mass is 9.87. The lowest BCUT2D eigenvalue weighted by Gasteiger charge is -2.28. The topological polar surface area (TPSA) is 75.4 Å². The number of aromatic hydroxyl groups is 1. The fourth-order valence-electron chi connectivity index (χ4n) is 2.85. The maximum absolute atomic E-state index is 12.2. The molecule has 4 N–H and O–H groups in total. The van der Waals surface area contributed by atoms with Gasteiger partial charge in [-0.3, -0.25) is 4.79 Å². The van der Waals surface area contributed by atoms with Crippen molar-refractivity contribution in [2.24, 2.45) is 11.1 Å². The number of nitrogens with two attached hydrogens (primary N) is 1. The Morgan fingerprint density at radius 3 is 2.65 bits per heavy atom. The molecule has 0 spiro atoms. The molecule has 1 aliphatic rings. The number of hydrogen-bond acceptors (Lipinski definition) is 3. The largest absolute Gasteiger partial charge is 0.508 e. The van der Waals surface area contributed by atoms with E-state index in [1.54, 1.807) is 24.3 Å². The Bertz CT molecular complexity index is 468. The van der Waals surface area contributed by atoms with Gasteiger partial charge in [0.1, 0.15) is 5.75 Å². The molecule has 4 heteroatoms. The van der Waals surface area contributed by atoms with E-state index >= 15 is 0 Å². The highest BCUT2D eigenvalue weighted by molar-refractivity contribution is 5.82. The first-order valence-corrected chi connectivity index (χ1v) is 7.22. The molecular weight excluding hydrogens is 252 g/mol. The van der Waals surface area contributed by atoms with E-state index in [1.165, 1.54) is 0 Å². The van der Waals surface area contributed by atoms with E-state index in [-0.39, 0.29) is 23.1 Å². The van der Waals surface area contributed by atoms with E-state index in [4.69, 9.17) is 5.73 Å². The maximum Gasteiger partial charge on any atom is 0.237 e. The minimum absolute atomic E-state index is 0.0851. The summed E-state index contributed by atoms with van der Waals surface area (Å²) < 4.78 is 0. The average molecular weight is 276 g/mol. The second kappa shape index (κ2) is 5.83. The second-order valence-electron chi connectivity index (χ2n) is 6.42. The summed E-state index contributed by atoms with van der Waals surface area (Å²) in [5.41, 5.74) is 7.09. The van der Waals surface area contributed by atoms with Crippen LogP contribution in [0.25, 0.3) is 0 Å². The normalized spacial score (nSPS) is 22.4. The summed E-state index contributed by atoms with van der Waals surface area (Å²) in [5.74, 6) is 0.137. The first-order chi connectivity index (χ1) is 9.38. The van der Waals surface area contributed by atoms with Crippen molar-refractivity contribution < 1.29 is 9.90 Å². The van der Waals surface area contributed by atoms with Gasteiger partial charge < -0.3 is 16.2 Å². The van der Waals surface area contributed by atoms with Gasteiger partial charge in [-0.1, -0.05) is 32.4 Å². The number of hydrogen-bond donors (Lipinski definition) is 3. The van der Waals surface area contributed by atoms with Crippen LogP contribution in [-0.4, -0.2) is 23.1 Å². The Labute approximate surface area is 120 Å². The van der Waals surface area contributed by atoms with Crippen LogP contribution in [0.15, 0.2) is 24.3 Å². The van der Waals surface area contributed by atoms with Crippen molar-refractivity contribution in [2.75, 3.05) is 0 Å². The van der Waals surface area contributed by atoms with E-state index in [2.05, 4.69) is 19.2 Å². The molecule has 2 atom stereocenters. The molecule has 20 heavy (non-hydrogen) atoms. The molecule has 1 fully saturated rings. The zero-order valence-electron chi connectivity index (χ0n) is 12.2. The number of benzene rings is 1. The minimum Gasteiger partial charge on any atom is -0.508 e. The quantitative estimate of drug-likeness (QED) is 0.787. The standard InChI is InChI=1S/C16H24N2O2/c1-16(2)9-3-4-14(16)18-15(20)13(17)10-11-5-7-12(19)8-6-11/h5-8,13-14,19H,3-4,9-10,17H2,1-2H3,(H,18,20)/t13-,14?/m1/s1. The molecule has 110 valence electrons. The van der Waals surface area contributed by atoms with Gasteiger partial charge in [0.15, 0.2) is 0 Å². The molecule has 1 aromatic carbocycles. The van der Waals surface area contributed by atoms with Gasteiger partial charge in [0, 0.05) is 6.04 Å². The molecular formula is C16H24N2O2. The van der Waals surface area contributed by atoms with E-state index in [0.717, 1.165) is 24.8 Å². The van der Waals surface area contributed by atoms with Crippen LogP contribution in [0.4, 0.5) is 0 Å². The number of carbonyl (C=O) groups excluding carboxylic acids is 1. The summed E-state index contributed by atoms with van der Waals surface area (Å²) >= 11 is 0. The first-order valence-electron chi connectivity index (χ1n) is 7.22. The summed E-state index contributed by atoms with van der Waals surface area (Å²) in [6.07, 6.45) is 3.82. The van der Waals surface area contributed by atoms with Crippen LogP contribution in [0, 0.1) is 5.41 Å². The number of carbonyl (C=O) groups is 1. The van der Waals surface area contributed by atoms with Gasteiger partial charge in [0.05, 0.1) is 6.04 Å². The van der Waals surface area contributed by atoms with E-state index in [1.807, 2.05) is 0 Å². The third kappa shape index (κ3) is 3.51. The first kappa shape index (κ1) is 14.9. The highest BCUT2D eigenvalue weighted by Gasteiger charge is 2.36. The van der Waals surface area contributed by atoms with Gasteiger partial charge in [-0.05, 0) is 42.4 Å². The predicted octanol–water partition coefficient (Wildman–Crippen LogP) is 1.96. The van der Waals surface area contributed by atoms with Crippen molar-refractivity contribution in [3.8, 4) is 5.75 Å². The summed E-state index contributed by atoms with van der Waals surface area (Å²) in [7, 11) is 0. The Morgan fingerprint density at radius 1 is 1.45 bits per heavy atom. The van der Waals surface area contributed by atoms with Crippen LogP contribution in [0.5, 0.6) is 5.75 Å². The van der Waals surface area contributed by atoms with Crippen LogP contribution in [0.1, 0.15) is 38.7 Å². The van der Waals surface area contributed by atoms with Crippen LogP contribution in [0.2, 0.25) is 0 Å². The summed E-state index contributed by atoms with van der Waals surface area (Å²) in [6.45, 7) is 4.38. The SMILES string of the molecule is CC1(C)CCCC1NC(=O)[C@H](N)Cc1ccc(O)cc1. The van der Waals surface area contributed by atoms with Crippen molar-refractivity contribution in [1.82, 2.24) is 5.32 Å². The monoisotopic (exact) mass is 276 g/mol. The van der Waals surface area contributed by atoms with Crippen molar-refractivity contribution in [1.29, 1.82) is 0 Å². The number of phenols is 1. The second-order valence-corrected chi connectivity index (χ2v) is 6.42. The van der Waals surface area contributed by atoms with Crippen LogP contribution in [-0.2, 0) is 11.2 Å². The van der Waals surface area contributed by atoms with E-state index < -0.39 is 6.04 Å². The molecule has 4 nitrogen and oxygen atoms in total. The fraction of sp³-hybridized carbons (Fsp3) is 0.562. The van der Waals surface area contributed by atoms with Crippen LogP contribution >= 0.6 is 0 Å². The molecule has 0 saturated heterocycles. The highest BCUT2D eigenvalue weighted by atomic mass is 16.3. The minimum atomic E-state index is -0.545. The molecule has 1 aliphatic carbocycles. The molecule has 0 aromatic heterocycles. The Morgan fingerprint density at radius 2 is 2.10 bits per heavy atom. The predicted molar refractivity (Wildman–Crippen MR) is 79.3 cm³/mol. The van der Waals surface area contributed by atoms with Crippen molar-refractivity contribution in [3.63, 3.8) is 0 Å². The molecule has 1 aromatic rings. The molecule has 1 amide bonds. The maximum atomic E-state index is 12.2. The van der Waals surface area contributed by atoms with Crippen molar-refractivity contribution in [3.05, 3.63) is 29.8 Å². The average Bonchev–Trinajstić information content (AvgIpc) is 2.71. The van der Waals surface area contributed by atoms with Gasteiger partial charge in [-0.2, -0.15) is 0 Å². The fourth-order valence-corrected chi connectivity index (χ4v) is 2.85. The van der Waals surface area contributed by atoms with Gasteiger partial charge >= 0.3 is 0 Å². The van der Waals surface area contributed by atoms with Gasteiger partial charge in [0.2, 0.25) is 5.91 Å². The molecule has 2 rings (SSSR count). The lowest BCUT2D eigenvalue weighted by Crippen LogP contribution is -2.49. The Hall–Kier alpha value is -1.55. The zero-order chi connectivity index (χ0) is 14.8. The number of nitrogens with one attached hydrogen (secondary N) is 1. The molecule has 0 bridgehead atoms. The molecule has 0 radical (unpaired) electrons. The third-order valence-electron chi connectivity index (χ3n) is 4.30. The number of rotatable bonds is 4. The zero-order valence-corrected chi connectivity index (χ0v) is 12.2.